The number of benzene rings is 2. The lowest BCUT2D eigenvalue weighted by Crippen LogP contribution is -2.43. The number of ether oxygens (including phenoxy) is 2. The highest BCUT2D eigenvalue weighted by molar-refractivity contribution is 7.22. The van der Waals surface area contributed by atoms with E-state index in [1.165, 1.54) is 16.9 Å². The van der Waals surface area contributed by atoms with Crippen molar-refractivity contribution in [3.63, 3.8) is 0 Å². The van der Waals surface area contributed by atoms with Crippen molar-refractivity contribution in [2.75, 3.05) is 51.4 Å². The number of fused-ring (bicyclic) bond motifs is 1. The number of aryl methyl sites for hydroxylation is 2. The molecule has 0 bridgehead atoms. The molecule has 2 heterocycles. The van der Waals surface area contributed by atoms with Gasteiger partial charge in [-0.15, -0.1) is 0 Å². The molecule has 4 rings (SSSR count). The third kappa shape index (κ3) is 5.23. The van der Waals surface area contributed by atoms with E-state index in [1.54, 1.807) is 7.11 Å². The van der Waals surface area contributed by atoms with Gasteiger partial charge in [-0.3, -0.25) is 14.6 Å². The number of hydrogen-bond donors (Lipinski definition) is 0. The van der Waals surface area contributed by atoms with Gasteiger partial charge < -0.3 is 9.47 Å². The van der Waals surface area contributed by atoms with Crippen molar-refractivity contribution < 1.29 is 14.3 Å². The Morgan fingerprint density at radius 2 is 2.00 bits per heavy atom. The predicted octanol–water partition coefficient (Wildman–Crippen LogP) is 3.83. The smallest absolute Gasteiger partial charge is 0.233 e. The molecule has 2 aromatic carbocycles. The lowest BCUT2D eigenvalue weighted by Gasteiger charge is -2.29. The Balaban J connectivity index is 1.59. The van der Waals surface area contributed by atoms with Gasteiger partial charge in [0, 0.05) is 26.2 Å². The molecule has 31 heavy (non-hydrogen) atoms. The lowest BCUT2D eigenvalue weighted by atomic mass is 10.0. The Morgan fingerprint density at radius 3 is 2.74 bits per heavy atom. The SMILES string of the molecule is COc1ccc2nc(N(CCN3CCOCC3)C(=O)Cc3ccc(C)cc3C)sc2c1. The van der Waals surface area contributed by atoms with Crippen LogP contribution in [0.15, 0.2) is 36.4 Å². The molecule has 1 amide bonds. The van der Waals surface area contributed by atoms with E-state index in [1.807, 2.05) is 23.1 Å². The van der Waals surface area contributed by atoms with Crippen molar-refractivity contribution in [1.82, 2.24) is 9.88 Å². The molecular formula is C24H29N3O3S. The Labute approximate surface area is 187 Å². The van der Waals surface area contributed by atoms with Crippen LogP contribution in [0.1, 0.15) is 16.7 Å². The topological polar surface area (TPSA) is 54.9 Å². The fourth-order valence-electron chi connectivity index (χ4n) is 3.83. The van der Waals surface area contributed by atoms with Crippen LogP contribution in [-0.2, 0) is 16.0 Å². The summed E-state index contributed by atoms with van der Waals surface area (Å²) >= 11 is 1.54. The summed E-state index contributed by atoms with van der Waals surface area (Å²) in [6.07, 6.45) is 0.370. The molecule has 6 nitrogen and oxygen atoms in total. The largest absolute Gasteiger partial charge is 0.497 e. The van der Waals surface area contributed by atoms with Crippen LogP contribution in [0.3, 0.4) is 0 Å². The molecule has 1 fully saturated rings. The molecule has 0 N–H and O–H groups in total. The number of aromatic nitrogens is 1. The average Bonchev–Trinajstić information content (AvgIpc) is 3.19. The number of carbonyl (C=O) groups excluding carboxylic acids is 1. The Kier molecular flexibility index (Phi) is 6.85. The molecule has 1 aromatic heterocycles. The van der Waals surface area contributed by atoms with Gasteiger partial charge in [0.25, 0.3) is 0 Å². The standard InChI is InChI=1S/C24H29N3O3S/c1-17-4-5-19(18(2)14-17)15-23(28)27(9-8-26-10-12-30-13-11-26)24-25-21-7-6-20(29-3)16-22(21)31-24/h4-7,14,16H,8-13,15H2,1-3H3. The first-order valence-corrected chi connectivity index (χ1v) is 11.5. The van der Waals surface area contributed by atoms with Crippen LogP contribution in [0.5, 0.6) is 5.75 Å². The van der Waals surface area contributed by atoms with Gasteiger partial charge in [0.2, 0.25) is 5.91 Å². The summed E-state index contributed by atoms with van der Waals surface area (Å²) in [6, 6.07) is 12.1. The zero-order valence-electron chi connectivity index (χ0n) is 18.4. The molecule has 3 aromatic rings. The summed E-state index contributed by atoms with van der Waals surface area (Å²) in [5.74, 6) is 0.871. The Hall–Kier alpha value is -2.48. The summed E-state index contributed by atoms with van der Waals surface area (Å²) in [6.45, 7) is 8.85. The second-order valence-corrected chi connectivity index (χ2v) is 8.95. The van der Waals surface area contributed by atoms with Crippen molar-refractivity contribution in [2.24, 2.45) is 0 Å². The molecular weight excluding hydrogens is 410 g/mol. The van der Waals surface area contributed by atoms with Gasteiger partial charge in [0.15, 0.2) is 5.13 Å². The molecule has 164 valence electrons. The Bertz CT molecular complexity index is 1060. The molecule has 0 atom stereocenters. The minimum absolute atomic E-state index is 0.0752. The highest BCUT2D eigenvalue weighted by atomic mass is 32.1. The van der Waals surface area contributed by atoms with E-state index in [9.17, 15) is 4.79 Å². The van der Waals surface area contributed by atoms with Gasteiger partial charge >= 0.3 is 0 Å². The fraction of sp³-hybridized carbons (Fsp3) is 0.417. The molecule has 0 radical (unpaired) electrons. The Morgan fingerprint density at radius 1 is 1.19 bits per heavy atom. The average molecular weight is 440 g/mol. The van der Waals surface area contributed by atoms with Crippen LogP contribution in [0, 0.1) is 13.8 Å². The van der Waals surface area contributed by atoms with Gasteiger partial charge in [0.1, 0.15) is 5.75 Å². The van der Waals surface area contributed by atoms with E-state index in [0.29, 0.717) is 13.0 Å². The number of thiazole rings is 1. The van der Waals surface area contributed by atoms with Crippen molar-refractivity contribution in [1.29, 1.82) is 0 Å². The molecule has 0 aliphatic carbocycles. The third-order valence-electron chi connectivity index (χ3n) is 5.70. The van der Waals surface area contributed by atoms with E-state index >= 15 is 0 Å². The van der Waals surface area contributed by atoms with E-state index in [-0.39, 0.29) is 5.91 Å². The van der Waals surface area contributed by atoms with Crippen LogP contribution in [0.4, 0.5) is 5.13 Å². The zero-order chi connectivity index (χ0) is 21.8. The van der Waals surface area contributed by atoms with E-state index < -0.39 is 0 Å². The number of hydrogen-bond acceptors (Lipinski definition) is 6. The third-order valence-corrected chi connectivity index (χ3v) is 6.74. The van der Waals surface area contributed by atoms with Gasteiger partial charge in [-0.2, -0.15) is 0 Å². The van der Waals surface area contributed by atoms with E-state index in [0.717, 1.165) is 65.1 Å². The fourth-order valence-corrected chi connectivity index (χ4v) is 4.87. The van der Waals surface area contributed by atoms with Crippen LogP contribution in [-0.4, -0.2) is 62.3 Å². The molecule has 0 spiro atoms. The van der Waals surface area contributed by atoms with E-state index in [4.69, 9.17) is 14.5 Å². The lowest BCUT2D eigenvalue weighted by molar-refractivity contribution is -0.118. The van der Waals surface area contributed by atoms with Crippen LogP contribution < -0.4 is 9.64 Å². The van der Waals surface area contributed by atoms with Crippen LogP contribution >= 0.6 is 11.3 Å². The first kappa shape index (κ1) is 21.7. The molecule has 1 aliphatic heterocycles. The van der Waals surface area contributed by atoms with Crippen molar-refractivity contribution in [3.05, 3.63) is 53.1 Å². The van der Waals surface area contributed by atoms with Crippen LogP contribution in [0.2, 0.25) is 0 Å². The maximum Gasteiger partial charge on any atom is 0.233 e. The molecule has 0 saturated carbocycles. The van der Waals surface area contributed by atoms with Crippen molar-refractivity contribution in [3.8, 4) is 5.75 Å². The summed E-state index contributed by atoms with van der Waals surface area (Å²) in [5.41, 5.74) is 4.31. The number of carbonyl (C=O) groups is 1. The maximum atomic E-state index is 13.4. The normalized spacial score (nSPS) is 14.7. The second-order valence-electron chi connectivity index (χ2n) is 7.94. The van der Waals surface area contributed by atoms with Gasteiger partial charge in [-0.05, 0) is 43.2 Å². The number of rotatable bonds is 7. The number of amides is 1. The summed E-state index contributed by atoms with van der Waals surface area (Å²) in [4.78, 5) is 22.4. The maximum absolute atomic E-state index is 13.4. The zero-order valence-corrected chi connectivity index (χ0v) is 19.2. The van der Waals surface area contributed by atoms with Crippen molar-refractivity contribution in [2.45, 2.75) is 20.3 Å². The minimum Gasteiger partial charge on any atom is -0.497 e. The molecule has 0 unspecified atom stereocenters. The van der Waals surface area contributed by atoms with Crippen molar-refractivity contribution >= 4 is 32.6 Å². The molecule has 1 saturated heterocycles. The van der Waals surface area contributed by atoms with Crippen LogP contribution in [0.25, 0.3) is 10.2 Å². The number of methoxy groups -OCH3 is 1. The summed E-state index contributed by atoms with van der Waals surface area (Å²) in [5, 5.41) is 0.742. The number of nitrogens with zero attached hydrogens (tertiary/aromatic N) is 3. The minimum atomic E-state index is 0.0752. The van der Waals surface area contributed by atoms with E-state index in [2.05, 4.69) is 36.9 Å². The molecule has 7 heteroatoms. The highest BCUT2D eigenvalue weighted by Crippen LogP contribution is 2.32. The summed E-state index contributed by atoms with van der Waals surface area (Å²) < 4.78 is 11.8. The summed E-state index contributed by atoms with van der Waals surface area (Å²) in [7, 11) is 1.66. The predicted molar refractivity (Wildman–Crippen MR) is 125 cm³/mol. The number of morpholine rings is 1. The number of anilines is 1. The molecule has 1 aliphatic rings. The monoisotopic (exact) mass is 439 g/mol. The first-order valence-electron chi connectivity index (χ1n) is 10.6. The highest BCUT2D eigenvalue weighted by Gasteiger charge is 2.22. The van der Waals surface area contributed by atoms with Gasteiger partial charge in [-0.25, -0.2) is 4.98 Å². The second kappa shape index (κ2) is 9.77. The quantitative estimate of drug-likeness (QED) is 0.560. The van der Waals surface area contributed by atoms with Gasteiger partial charge in [-0.1, -0.05) is 35.1 Å². The van der Waals surface area contributed by atoms with Gasteiger partial charge in [0.05, 0.1) is 37.0 Å². The first-order chi connectivity index (χ1) is 15.0.